The van der Waals surface area contributed by atoms with Crippen LogP contribution in [0.1, 0.15) is 54.5 Å². The van der Waals surface area contributed by atoms with Gasteiger partial charge in [0, 0.05) is 25.0 Å². The molecule has 3 aromatic heterocycles. The molecule has 7 nitrogen and oxygen atoms in total. The van der Waals surface area contributed by atoms with Gasteiger partial charge in [-0.2, -0.15) is 10.2 Å². The Labute approximate surface area is 163 Å². The Balaban J connectivity index is 1.75. The summed E-state index contributed by atoms with van der Waals surface area (Å²) in [6.07, 6.45) is 5.14. The lowest BCUT2D eigenvalue weighted by atomic mass is 10.1. The zero-order valence-corrected chi connectivity index (χ0v) is 16.9. The largest absolute Gasteiger partial charge is 0.352 e. The Bertz CT molecular complexity index is 961. The summed E-state index contributed by atoms with van der Waals surface area (Å²) in [5.41, 5.74) is 3.02. The summed E-state index contributed by atoms with van der Waals surface area (Å²) in [5, 5.41) is 13.3. The fourth-order valence-electron chi connectivity index (χ4n) is 3.36. The number of carbonyl (C=O) groups is 1. The number of nitrogens with zero attached hydrogens (tertiary/aromatic N) is 5. The molecule has 27 heavy (non-hydrogen) atoms. The maximum atomic E-state index is 12.9. The fourth-order valence-corrected chi connectivity index (χ4v) is 3.51. The van der Waals surface area contributed by atoms with Crippen LogP contribution in [0.5, 0.6) is 0 Å². The normalized spacial score (nSPS) is 12.5. The van der Waals surface area contributed by atoms with E-state index >= 15 is 0 Å². The highest BCUT2D eigenvalue weighted by Crippen LogP contribution is 2.22. The van der Waals surface area contributed by atoms with Gasteiger partial charge in [-0.3, -0.25) is 9.48 Å². The van der Waals surface area contributed by atoms with E-state index < -0.39 is 0 Å². The smallest absolute Gasteiger partial charge is 0.252 e. The molecule has 8 heteroatoms. The molecule has 0 bridgehead atoms. The number of fused-ring (bicyclic) bond motifs is 1. The SMILES string of the molecule is CC[C@@H](CCNC(=O)c1cc(C)nc2c1c(C)nn2CC)n1cc(Cl)cn1. The van der Waals surface area contributed by atoms with E-state index in [4.69, 9.17) is 11.6 Å². The van der Waals surface area contributed by atoms with Crippen LogP contribution in [0.25, 0.3) is 11.0 Å². The van der Waals surface area contributed by atoms with Crippen molar-refractivity contribution in [3.63, 3.8) is 0 Å². The van der Waals surface area contributed by atoms with E-state index in [2.05, 4.69) is 27.4 Å². The van der Waals surface area contributed by atoms with Gasteiger partial charge in [0.15, 0.2) is 5.65 Å². The average Bonchev–Trinajstić information content (AvgIpc) is 3.21. The number of nitrogens with one attached hydrogen (secondary N) is 1. The molecule has 0 unspecified atom stereocenters. The lowest BCUT2D eigenvalue weighted by Gasteiger charge is -2.16. The third-order valence-electron chi connectivity index (χ3n) is 4.73. The Hall–Kier alpha value is -2.41. The summed E-state index contributed by atoms with van der Waals surface area (Å²) in [4.78, 5) is 17.4. The van der Waals surface area contributed by atoms with Crippen LogP contribution in [0.15, 0.2) is 18.5 Å². The van der Waals surface area contributed by atoms with Crippen molar-refractivity contribution in [2.45, 2.75) is 53.1 Å². The zero-order chi connectivity index (χ0) is 19.6. The maximum Gasteiger partial charge on any atom is 0.252 e. The van der Waals surface area contributed by atoms with Gasteiger partial charge in [0.1, 0.15) is 0 Å². The van der Waals surface area contributed by atoms with Gasteiger partial charge >= 0.3 is 0 Å². The topological polar surface area (TPSA) is 77.6 Å². The molecule has 0 saturated carbocycles. The molecule has 3 aromatic rings. The lowest BCUT2D eigenvalue weighted by Crippen LogP contribution is -2.27. The zero-order valence-electron chi connectivity index (χ0n) is 16.2. The van der Waals surface area contributed by atoms with Crippen LogP contribution in [0.2, 0.25) is 5.02 Å². The van der Waals surface area contributed by atoms with Gasteiger partial charge in [0.05, 0.1) is 33.9 Å². The van der Waals surface area contributed by atoms with E-state index in [0.717, 1.165) is 35.3 Å². The van der Waals surface area contributed by atoms with Gasteiger partial charge in [-0.15, -0.1) is 0 Å². The van der Waals surface area contributed by atoms with Gasteiger partial charge in [-0.1, -0.05) is 18.5 Å². The van der Waals surface area contributed by atoms with Gasteiger partial charge in [0.2, 0.25) is 0 Å². The predicted molar refractivity (Wildman–Crippen MR) is 106 cm³/mol. The second kappa shape index (κ2) is 8.08. The van der Waals surface area contributed by atoms with Gasteiger partial charge < -0.3 is 5.32 Å². The Morgan fingerprint density at radius 2 is 2.11 bits per heavy atom. The van der Waals surface area contributed by atoms with E-state index in [9.17, 15) is 4.79 Å². The summed E-state index contributed by atoms with van der Waals surface area (Å²) >= 11 is 5.96. The molecule has 1 amide bonds. The van der Waals surface area contributed by atoms with E-state index in [0.29, 0.717) is 23.7 Å². The first-order valence-corrected chi connectivity index (χ1v) is 9.65. The van der Waals surface area contributed by atoms with Crippen molar-refractivity contribution < 1.29 is 4.79 Å². The molecule has 1 N–H and O–H groups in total. The van der Waals surface area contributed by atoms with Crippen molar-refractivity contribution >= 4 is 28.5 Å². The molecule has 3 rings (SSSR count). The molecule has 0 saturated heterocycles. The molecule has 0 aromatic carbocycles. The van der Waals surface area contributed by atoms with Crippen LogP contribution in [-0.4, -0.2) is 37.0 Å². The minimum absolute atomic E-state index is 0.0994. The summed E-state index contributed by atoms with van der Waals surface area (Å²) < 4.78 is 3.70. The molecule has 0 spiro atoms. The summed E-state index contributed by atoms with van der Waals surface area (Å²) in [6, 6.07) is 2.03. The number of pyridine rings is 1. The standard InChI is InChI=1S/C19H25ClN6O/c1-5-15(26-11-14(20)10-22-26)7-8-21-19(27)16-9-12(3)23-18-17(16)13(4)24-25(18)6-2/h9-11,15H,5-8H2,1-4H3,(H,21,27)/t15-/m0/s1. The third-order valence-corrected chi connectivity index (χ3v) is 4.92. The summed E-state index contributed by atoms with van der Waals surface area (Å²) in [7, 11) is 0. The molecule has 0 aliphatic carbocycles. The van der Waals surface area contributed by atoms with Crippen LogP contribution in [-0.2, 0) is 6.54 Å². The van der Waals surface area contributed by atoms with Crippen molar-refractivity contribution in [1.29, 1.82) is 0 Å². The minimum atomic E-state index is -0.0994. The first kappa shape index (κ1) is 19.4. The molecular formula is C19H25ClN6O. The van der Waals surface area contributed by atoms with Crippen LogP contribution in [0, 0.1) is 13.8 Å². The van der Waals surface area contributed by atoms with E-state index in [-0.39, 0.29) is 11.9 Å². The van der Waals surface area contributed by atoms with Gasteiger partial charge in [-0.25, -0.2) is 9.67 Å². The summed E-state index contributed by atoms with van der Waals surface area (Å²) in [6.45, 7) is 9.19. The monoisotopic (exact) mass is 388 g/mol. The second-order valence-corrected chi connectivity index (χ2v) is 7.09. The number of aromatic nitrogens is 5. The Morgan fingerprint density at radius 1 is 1.33 bits per heavy atom. The lowest BCUT2D eigenvalue weighted by molar-refractivity contribution is 0.0952. The third kappa shape index (κ3) is 3.98. The number of hydrogen-bond donors (Lipinski definition) is 1. The van der Waals surface area contributed by atoms with Gasteiger partial charge in [0.25, 0.3) is 5.91 Å². The van der Waals surface area contributed by atoms with Crippen LogP contribution >= 0.6 is 11.6 Å². The molecule has 0 radical (unpaired) electrons. The molecule has 0 aliphatic heterocycles. The first-order chi connectivity index (χ1) is 12.9. The highest BCUT2D eigenvalue weighted by molar-refractivity contribution is 6.30. The van der Waals surface area contributed by atoms with E-state index in [1.807, 2.05) is 42.4 Å². The molecule has 3 heterocycles. The van der Waals surface area contributed by atoms with Crippen molar-refractivity contribution in [3.05, 3.63) is 40.4 Å². The summed E-state index contributed by atoms with van der Waals surface area (Å²) in [5.74, 6) is -0.0994. The van der Waals surface area contributed by atoms with Crippen molar-refractivity contribution in [1.82, 2.24) is 29.9 Å². The number of halogens is 1. The number of amides is 1. The van der Waals surface area contributed by atoms with Crippen molar-refractivity contribution in [2.24, 2.45) is 0 Å². The highest BCUT2D eigenvalue weighted by Gasteiger charge is 2.18. The molecule has 144 valence electrons. The van der Waals surface area contributed by atoms with Crippen LogP contribution < -0.4 is 5.32 Å². The first-order valence-electron chi connectivity index (χ1n) is 9.27. The minimum Gasteiger partial charge on any atom is -0.352 e. The van der Waals surface area contributed by atoms with Crippen LogP contribution in [0.3, 0.4) is 0 Å². The Morgan fingerprint density at radius 3 is 2.74 bits per heavy atom. The molecule has 0 aliphatic rings. The quantitative estimate of drug-likeness (QED) is 0.669. The number of carbonyl (C=O) groups excluding carboxylic acids is 1. The fraction of sp³-hybridized carbons (Fsp3) is 0.474. The van der Waals surface area contributed by atoms with E-state index in [1.165, 1.54) is 0 Å². The number of rotatable bonds is 7. The van der Waals surface area contributed by atoms with Crippen molar-refractivity contribution in [2.75, 3.05) is 6.54 Å². The molecule has 1 atom stereocenters. The molecule has 0 fully saturated rings. The highest BCUT2D eigenvalue weighted by atomic mass is 35.5. The number of hydrogen-bond acceptors (Lipinski definition) is 4. The maximum absolute atomic E-state index is 12.9. The predicted octanol–water partition coefficient (Wildman–Crippen LogP) is 3.69. The average molecular weight is 389 g/mol. The van der Waals surface area contributed by atoms with Crippen molar-refractivity contribution in [3.8, 4) is 0 Å². The molecular weight excluding hydrogens is 364 g/mol. The second-order valence-electron chi connectivity index (χ2n) is 6.66. The Kier molecular flexibility index (Phi) is 5.79. The number of aryl methyl sites for hydroxylation is 3. The van der Waals surface area contributed by atoms with Gasteiger partial charge in [-0.05, 0) is 39.7 Å². The van der Waals surface area contributed by atoms with E-state index in [1.54, 1.807) is 6.20 Å². The van der Waals surface area contributed by atoms with Crippen LogP contribution in [0.4, 0.5) is 0 Å².